The average Bonchev–Trinajstić information content (AvgIpc) is 3.17. The minimum atomic E-state index is -0.528. The van der Waals surface area contributed by atoms with E-state index < -0.39 is 24.4 Å². The van der Waals surface area contributed by atoms with E-state index in [-0.39, 0.29) is 11.9 Å². The molecule has 0 bridgehead atoms. The van der Waals surface area contributed by atoms with Crippen LogP contribution in [0.4, 0.5) is 10.1 Å². The van der Waals surface area contributed by atoms with E-state index in [1.807, 2.05) is 0 Å². The zero-order valence-corrected chi connectivity index (χ0v) is 14.7. The molecule has 1 aliphatic rings. The molecule has 8 heteroatoms. The molecule has 3 N–H and O–H groups in total. The number of ether oxygens (including phenoxy) is 2. The Morgan fingerprint density at radius 2 is 2.00 bits per heavy atom. The van der Waals surface area contributed by atoms with Gasteiger partial charge in [0.05, 0.1) is 19.1 Å². The first-order valence-corrected chi connectivity index (χ1v) is 8.41. The number of hydrogen-bond acceptors (Lipinski definition) is 6. The standard InChI is InChI=1S/C19H20FN3O4/c1-26-15-4-2-3-14(9-15)22-17(24)11-27-19(25)16-10-21-23-18(16)12-5-7-13(20)8-6-12/h2-9,16,18,21,23H,10-11H2,1H3,(H,22,24). The summed E-state index contributed by atoms with van der Waals surface area (Å²) in [7, 11) is 1.53. The smallest absolute Gasteiger partial charge is 0.312 e. The van der Waals surface area contributed by atoms with Crippen LogP contribution in [0, 0.1) is 11.7 Å². The van der Waals surface area contributed by atoms with Gasteiger partial charge < -0.3 is 14.8 Å². The summed E-state index contributed by atoms with van der Waals surface area (Å²) in [6, 6.07) is 12.4. The Bertz CT molecular complexity index is 813. The minimum absolute atomic E-state index is 0.346. The predicted octanol–water partition coefficient (Wildman–Crippen LogP) is 1.78. The number of anilines is 1. The van der Waals surface area contributed by atoms with Crippen LogP contribution < -0.4 is 20.9 Å². The Balaban J connectivity index is 1.54. The van der Waals surface area contributed by atoms with Crippen LogP contribution in [-0.2, 0) is 14.3 Å². The second-order valence-corrected chi connectivity index (χ2v) is 6.05. The monoisotopic (exact) mass is 373 g/mol. The van der Waals surface area contributed by atoms with Crippen molar-refractivity contribution in [2.24, 2.45) is 5.92 Å². The third-order valence-electron chi connectivity index (χ3n) is 4.21. The van der Waals surface area contributed by atoms with E-state index >= 15 is 0 Å². The van der Waals surface area contributed by atoms with E-state index in [9.17, 15) is 14.0 Å². The lowest BCUT2D eigenvalue weighted by atomic mass is 9.95. The molecule has 3 rings (SSSR count). The number of carbonyl (C=O) groups is 2. The van der Waals surface area contributed by atoms with E-state index in [1.165, 1.54) is 19.2 Å². The van der Waals surface area contributed by atoms with Crippen molar-refractivity contribution in [3.63, 3.8) is 0 Å². The Labute approximate surface area is 155 Å². The second kappa shape index (κ2) is 8.61. The highest BCUT2D eigenvalue weighted by molar-refractivity contribution is 5.93. The molecule has 0 radical (unpaired) electrons. The summed E-state index contributed by atoms with van der Waals surface area (Å²) in [4.78, 5) is 24.4. The lowest BCUT2D eigenvalue weighted by Gasteiger charge is -2.17. The van der Waals surface area contributed by atoms with Crippen molar-refractivity contribution < 1.29 is 23.5 Å². The van der Waals surface area contributed by atoms with Crippen molar-refractivity contribution >= 4 is 17.6 Å². The van der Waals surface area contributed by atoms with Crippen LogP contribution >= 0.6 is 0 Å². The van der Waals surface area contributed by atoms with Crippen LogP contribution in [0.3, 0.4) is 0 Å². The quantitative estimate of drug-likeness (QED) is 0.669. The molecule has 2 atom stereocenters. The molecule has 0 spiro atoms. The third kappa shape index (κ3) is 4.81. The fourth-order valence-corrected chi connectivity index (χ4v) is 2.84. The second-order valence-electron chi connectivity index (χ2n) is 6.05. The van der Waals surface area contributed by atoms with Crippen LogP contribution in [0.1, 0.15) is 11.6 Å². The van der Waals surface area contributed by atoms with Gasteiger partial charge in [-0.15, -0.1) is 0 Å². The number of nitrogens with one attached hydrogen (secondary N) is 3. The molecule has 1 heterocycles. The maximum atomic E-state index is 13.1. The third-order valence-corrected chi connectivity index (χ3v) is 4.21. The number of carbonyl (C=O) groups excluding carboxylic acids is 2. The van der Waals surface area contributed by atoms with E-state index in [4.69, 9.17) is 9.47 Å². The normalized spacial score (nSPS) is 18.7. The molecule has 7 nitrogen and oxygen atoms in total. The fourth-order valence-electron chi connectivity index (χ4n) is 2.84. The predicted molar refractivity (Wildman–Crippen MR) is 96.4 cm³/mol. The highest BCUT2D eigenvalue weighted by Crippen LogP contribution is 2.26. The number of hydrogen-bond donors (Lipinski definition) is 3. The zero-order chi connectivity index (χ0) is 19.2. The summed E-state index contributed by atoms with van der Waals surface area (Å²) in [6.45, 7) is -0.0545. The first-order valence-electron chi connectivity index (χ1n) is 8.41. The maximum absolute atomic E-state index is 13.1. The van der Waals surface area contributed by atoms with Crippen LogP contribution in [-0.4, -0.2) is 32.1 Å². The number of methoxy groups -OCH3 is 1. The van der Waals surface area contributed by atoms with Gasteiger partial charge in [0, 0.05) is 18.3 Å². The lowest BCUT2D eigenvalue weighted by molar-refractivity contribution is -0.151. The SMILES string of the molecule is COc1cccc(NC(=O)COC(=O)C2CNNC2c2ccc(F)cc2)c1. The van der Waals surface area contributed by atoms with Crippen molar-refractivity contribution in [2.45, 2.75) is 6.04 Å². The number of esters is 1. The van der Waals surface area contributed by atoms with Crippen LogP contribution in [0.15, 0.2) is 48.5 Å². The summed E-state index contributed by atoms with van der Waals surface area (Å²) in [6.07, 6.45) is 0. The van der Waals surface area contributed by atoms with Gasteiger partial charge in [-0.25, -0.2) is 9.82 Å². The Kier molecular flexibility index (Phi) is 6.00. The molecule has 0 saturated carbocycles. The number of halogens is 1. The van der Waals surface area contributed by atoms with Crippen LogP contribution in [0.25, 0.3) is 0 Å². The zero-order valence-electron chi connectivity index (χ0n) is 14.7. The highest BCUT2D eigenvalue weighted by atomic mass is 19.1. The summed E-state index contributed by atoms with van der Waals surface area (Å²) in [5, 5.41) is 2.64. The topological polar surface area (TPSA) is 88.7 Å². The molecule has 1 saturated heterocycles. The molecule has 27 heavy (non-hydrogen) atoms. The molecule has 1 amide bonds. The Hall–Kier alpha value is -2.97. The number of benzene rings is 2. The van der Waals surface area contributed by atoms with E-state index in [1.54, 1.807) is 36.4 Å². The van der Waals surface area contributed by atoms with Crippen molar-refractivity contribution in [3.8, 4) is 5.75 Å². The van der Waals surface area contributed by atoms with E-state index in [2.05, 4.69) is 16.2 Å². The molecule has 2 aromatic rings. The van der Waals surface area contributed by atoms with Crippen molar-refractivity contribution in [1.82, 2.24) is 10.9 Å². The molecule has 1 fully saturated rings. The first-order chi connectivity index (χ1) is 13.1. The maximum Gasteiger partial charge on any atom is 0.312 e. The van der Waals surface area contributed by atoms with Crippen molar-refractivity contribution in [1.29, 1.82) is 0 Å². The highest BCUT2D eigenvalue weighted by Gasteiger charge is 2.35. The van der Waals surface area contributed by atoms with Crippen molar-refractivity contribution in [2.75, 3.05) is 25.6 Å². The van der Waals surface area contributed by atoms with Gasteiger partial charge >= 0.3 is 5.97 Å². The van der Waals surface area contributed by atoms with Crippen molar-refractivity contribution in [3.05, 3.63) is 59.9 Å². The minimum Gasteiger partial charge on any atom is -0.497 e. The average molecular weight is 373 g/mol. The molecule has 142 valence electrons. The van der Waals surface area contributed by atoms with Gasteiger partial charge in [0.2, 0.25) is 0 Å². The van der Waals surface area contributed by atoms with Gasteiger partial charge in [-0.2, -0.15) is 0 Å². The van der Waals surface area contributed by atoms with Crippen LogP contribution in [0.5, 0.6) is 5.75 Å². The van der Waals surface area contributed by atoms with Crippen LogP contribution in [0.2, 0.25) is 0 Å². The molecule has 2 unspecified atom stereocenters. The molecule has 1 aliphatic heterocycles. The van der Waals surface area contributed by atoms with E-state index in [0.717, 1.165) is 5.56 Å². The van der Waals surface area contributed by atoms with Gasteiger partial charge in [-0.1, -0.05) is 18.2 Å². The van der Waals surface area contributed by atoms with Gasteiger partial charge in [0.15, 0.2) is 6.61 Å². The fraction of sp³-hybridized carbons (Fsp3) is 0.263. The van der Waals surface area contributed by atoms with E-state index in [0.29, 0.717) is 18.0 Å². The summed E-state index contributed by atoms with van der Waals surface area (Å²) >= 11 is 0. The molecule has 0 aromatic heterocycles. The summed E-state index contributed by atoms with van der Waals surface area (Å²) in [5.41, 5.74) is 7.17. The molecule has 0 aliphatic carbocycles. The molecular weight excluding hydrogens is 353 g/mol. The lowest BCUT2D eigenvalue weighted by Crippen LogP contribution is -2.29. The summed E-state index contributed by atoms with van der Waals surface area (Å²) < 4.78 is 23.3. The Morgan fingerprint density at radius 1 is 1.22 bits per heavy atom. The summed E-state index contributed by atoms with van der Waals surface area (Å²) in [5.74, 6) is -1.23. The molecule has 2 aromatic carbocycles. The van der Waals surface area contributed by atoms with Gasteiger partial charge in [-0.3, -0.25) is 15.0 Å². The number of hydrazine groups is 1. The number of amides is 1. The Morgan fingerprint density at radius 3 is 2.74 bits per heavy atom. The first kappa shape index (κ1) is 18.8. The van der Waals surface area contributed by atoms with Gasteiger partial charge in [0.25, 0.3) is 5.91 Å². The van der Waals surface area contributed by atoms with Gasteiger partial charge in [0.1, 0.15) is 11.6 Å². The molecular formula is C19H20FN3O4. The number of rotatable bonds is 6. The van der Waals surface area contributed by atoms with Gasteiger partial charge in [-0.05, 0) is 29.8 Å². The largest absolute Gasteiger partial charge is 0.497 e.